The van der Waals surface area contributed by atoms with Gasteiger partial charge in [0.25, 0.3) is 5.91 Å². The fourth-order valence-corrected chi connectivity index (χ4v) is 5.48. The number of thiazole rings is 1. The van der Waals surface area contributed by atoms with Gasteiger partial charge in [0.1, 0.15) is 5.75 Å². The van der Waals surface area contributed by atoms with Crippen molar-refractivity contribution in [3.8, 4) is 17.0 Å². The summed E-state index contributed by atoms with van der Waals surface area (Å²) in [6.45, 7) is 4.37. The second kappa shape index (κ2) is 12.5. The number of thioether (sulfide) groups is 1. The minimum absolute atomic E-state index is 0.167. The van der Waals surface area contributed by atoms with Crippen molar-refractivity contribution in [2.45, 2.75) is 24.0 Å². The molecule has 0 aliphatic heterocycles. The molecule has 3 aromatic carbocycles. The van der Waals surface area contributed by atoms with Crippen molar-refractivity contribution < 1.29 is 14.3 Å². The van der Waals surface area contributed by atoms with E-state index < -0.39 is 5.25 Å². The Morgan fingerprint density at radius 1 is 1.05 bits per heavy atom. The highest BCUT2D eigenvalue weighted by atomic mass is 35.5. The van der Waals surface area contributed by atoms with Crippen LogP contribution in [0.1, 0.15) is 24.2 Å². The fourth-order valence-electron chi connectivity index (χ4n) is 3.34. The molecule has 190 valence electrons. The monoisotopic (exact) mass is 571 g/mol. The Morgan fingerprint density at radius 3 is 2.57 bits per heavy atom. The Bertz CT molecular complexity index is 1410. The van der Waals surface area contributed by atoms with Crippen LogP contribution in [0.2, 0.25) is 10.0 Å². The van der Waals surface area contributed by atoms with E-state index in [-0.39, 0.29) is 16.8 Å². The van der Waals surface area contributed by atoms with Crippen molar-refractivity contribution in [1.82, 2.24) is 4.98 Å². The van der Waals surface area contributed by atoms with E-state index in [1.165, 1.54) is 29.2 Å². The van der Waals surface area contributed by atoms with Crippen molar-refractivity contribution in [1.29, 1.82) is 0 Å². The normalized spacial score (nSPS) is 11.6. The number of hydrogen-bond donors (Lipinski definition) is 2. The number of benzene rings is 3. The third-order valence-electron chi connectivity index (χ3n) is 5.15. The van der Waals surface area contributed by atoms with Gasteiger partial charge in [0.05, 0.1) is 28.1 Å². The molecule has 4 rings (SSSR count). The van der Waals surface area contributed by atoms with Gasteiger partial charge in [-0.05, 0) is 74.5 Å². The Hall–Kier alpha value is -3.04. The third kappa shape index (κ3) is 7.26. The van der Waals surface area contributed by atoms with Gasteiger partial charge in [-0.15, -0.1) is 23.1 Å². The molecule has 6 nitrogen and oxygen atoms in total. The Balaban J connectivity index is 1.35. The highest BCUT2D eigenvalue weighted by Crippen LogP contribution is 2.30. The molecule has 0 saturated carbocycles. The third-order valence-corrected chi connectivity index (χ3v) is 7.54. The SMILES string of the molecule is CCOc1ccc(-c2csc(NC(=O)C(C)Sc3cccc(NC(=O)c4ccc(Cl)cc4Cl)c3)n2)cc1. The molecule has 0 bridgehead atoms. The summed E-state index contributed by atoms with van der Waals surface area (Å²) in [5, 5.41) is 8.49. The van der Waals surface area contributed by atoms with Crippen molar-refractivity contribution in [3.05, 3.63) is 87.7 Å². The fraction of sp³-hybridized carbons (Fsp3) is 0.148. The number of halogens is 2. The number of aromatic nitrogens is 1. The molecular weight excluding hydrogens is 549 g/mol. The van der Waals surface area contributed by atoms with Crippen LogP contribution in [0.15, 0.2) is 77.0 Å². The van der Waals surface area contributed by atoms with Crippen molar-refractivity contribution in [2.24, 2.45) is 0 Å². The molecule has 37 heavy (non-hydrogen) atoms. The summed E-state index contributed by atoms with van der Waals surface area (Å²) in [6, 6.07) is 19.7. The van der Waals surface area contributed by atoms with Crippen LogP contribution in [-0.2, 0) is 4.79 Å². The van der Waals surface area contributed by atoms with Gasteiger partial charge in [0.15, 0.2) is 5.13 Å². The Labute approximate surface area is 233 Å². The Kier molecular flexibility index (Phi) is 9.10. The summed E-state index contributed by atoms with van der Waals surface area (Å²) >= 11 is 14.8. The highest BCUT2D eigenvalue weighted by Gasteiger charge is 2.17. The lowest BCUT2D eigenvalue weighted by Gasteiger charge is -2.12. The number of nitrogens with one attached hydrogen (secondary N) is 2. The molecular formula is C27H23Cl2N3O3S2. The number of carbonyl (C=O) groups is 2. The maximum absolute atomic E-state index is 12.8. The van der Waals surface area contributed by atoms with Crippen LogP contribution in [0.25, 0.3) is 11.3 Å². The van der Waals surface area contributed by atoms with Gasteiger partial charge in [-0.1, -0.05) is 29.3 Å². The van der Waals surface area contributed by atoms with Gasteiger partial charge in [-0.25, -0.2) is 4.98 Å². The topological polar surface area (TPSA) is 80.3 Å². The number of rotatable bonds is 9. The second-order valence-corrected chi connectivity index (χ2v) is 11.0. The van der Waals surface area contributed by atoms with Crippen LogP contribution in [0.4, 0.5) is 10.8 Å². The molecule has 0 fully saturated rings. The zero-order valence-electron chi connectivity index (χ0n) is 20.0. The second-order valence-electron chi connectivity index (χ2n) is 7.85. The first-order valence-corrected chi connectivity index (χ1v) is 13.9. The molecule has 10 heteroatoms. The molecule has 0 aliphatic rings. The lowest BCUT2D eigenvalue weighted by atomic mass is 10.2. The van der Waals surface area contributed by atoms with E-state index in [1.54, 1.807) is 18.2 Å². The van der Waals surface area contributed by atoms with E-state index in [1.807, 2.05) is 61.7 Å². The van der Waals surface area contributed by atoms with E-state index in [2.05, 4.69) is 15.6 Å². The molecule has 1 atom stereocenters. The number of carbonyl (C=O) groups excluding carboxylic acids is 2. The van der Waals surface area contributed by atoms with E-state index in [9.17, 15) is 9.59 Å². The van der Waals surface area contributed by atoms with E-state index in [0.29, 0.717) is 28.0 Å². The standard InChI is InChI=1S/C27H23Cl2N3O3S2/c1-3-35-20-10-7-17(8-11-20)24-15-36-27(31-24)32-25(33)16(2)37-21-6-4-5-19(14-21)30-26(34)22-12-9-18(28)13-23(22)29/h4-16H,3H2,1-2H3,(H,30,34)(H,31,32,33). The van der Waals surface area contributed by atoms with E-state index in [4.69, 9.17) is 27.9 Å². The van der Waals surface area contributed by atoms with Gasteiger partial charge in [-0.2, -0.15) is 0 Å². The van der Waals surface area contributed by atoms with Gasteiger partial charge >= 0.3 is 0 Å². The van der Waals surface area contributed by atoms with E-state index in [0.717, 1.165) is 21.9 Å². The lowest BCUT2D eigenvalue weighted by Crippen LogP contribution is -2.22. The minimum atomic E-state index is -0.394. The predicted molar refractivity (Wildman–Crippen MR) is 154 cm³/mol. The lowest BCUT2D eigenvalue weighted by molar-refractivity contribution is -0.115. The average molecular weight is 573 g/mol. The molecule has 0 radical (unpaired) electrons. The van der Waals surface area contributed by atoms with Gasteiger partial charge in [0.2, 0.25) is 5.91 Å². The quantitative estimate of drug-likeness (QED) is 0.200. The minimum Gasteiger partial charge on any atom is -0.494 e. The first kappa shape index (κ1) is 27.0. The summed E-state index contributed by atoms with van der Waals surface area (Å²) in [5.41, 5.74) is 2.65. The first-order valence-electron chi connectivity index (χ1n) is 11.3. The maximum Gasteiger partial charge on any atom is 0.257 e. The number of ether oxygens (including phenoxy) is 1. The maximum atomic E-state index is 12.8. The summed E-state index contributed by atoms with van der Waals surface area (Å²) in [5.74, 6) is 0.292. The zero-order valence-corrected chi connectivity index (χ0v) is 23.1. The molecule has 0 spiro atoms. The Morgan fingerprint density at radius 2 is 1.84 bits per heavy atom. The van der Waals surface area contributed by atoms with Crippen LogP contribution < -0.4 is 15.4 Å². The summed E-state index contributed by atoms with van der Waals surface area (Å²) in [4.78, 5) is 30.8. The van der Waals surface area contributed by atoms with Gasteiger partial charge in [-0.3, -0.25) is 9.59 Å². The average Bonchev–Trinajstić information content (AvgIpc) is 3.33. The largest absolute Gasteiger partial charge is 0.494 e. The number of nitrogens with zero attached hydrogens (tertiary/aromatic N) is 1. The molecule has 0 aliphatic carbocycles. The molecule has 2 N–H and O–H groups in total. The van der Waals surface area contributed by atoms with Crippen LogP contribution in [0.3, 0.4) is 0 Å². The summed E-state index contributed by atoms with van der Waals surface area (Å²) in [7, 11) is 0. The molecule has 2 amide bonds. The van der Waals surface area contributed by atoms with Crippen molar-refractivity contribution in [2.75, 3.05) is 17.2 Å². The smallest absolute Gasteiger partial charge is 0.257 e. The van der Waals surface area contributed by atoms with Crippen LogP contribution >= 0.6 is 46.3 Å². The highest BCUT2D eigenvalue weighted by molar-refractivity contribution is 8.00. The number of anilines is 2. The van der Waals surface area contributed by atoms with Crippen LogP contribution in [0.5, 0.6) is 5.75 Å². The molecule has 1 heterocycles. The molecule has 4 aromatic rings. The molecule has 0 saturated heterocycles. The van der Waals surface area contributed by atoms with E-state index >= 15 is 0 Å². The number of hydrogen-bond acceptors (Lipinski definition) is 6. The van der Waals surface area contributed by atoms with Crippen molar-refractivity contribution >= 4 is 68.9 Å². The van der Waals surface area contributed by atoms with Crippen LogP contribution in [-0.4, -0.2) is 28.7 Å². The molecule has 1 aromatic heterocycles. The predicted octanol–water partition coefficient (Wildman–Crippen LogP) is 7.89. The molecule has 1 unspecified atom stereocenters. The summed E-state index contributed by atoms with van der Waals surface area (Å²) in [6.07, 6.45) is 0. The van der Waals surface area contributed by atoms with Crippen LogP contribution in [0, 0.1) is 0 Å². The van der Waals surface area contributed by atoms with Crippen molar-refractivity contribution in [3.63, 3.8) is 0 Å². The van der Waals surface area contributed by atoms with Gasteiger partial charge < -0.3 is 15.4 Å². The van der Waals surface area contributed by atoms with Gasteiger partial charge in [0, 0.05) is 26.5 Å². The first-order chi connectivity index (χ1) is 17.8. The zero-order chi connectivity index (χ0) is 26.4. The summed E-state index contributed by atoms with van der Waals surface area (Å²) < 4.78 is 5.48. The number of amides is 2.